The van der Waals surface area contributed by atoms with Crippen LogP contribution >= 0.6 is 15.9 Å². The topological polar surface area (TPSA) is 39.1 Å². The van der Waals surface area contributed by atoms with Gasteiger partial charge in [0.2, 0.25) is 0 Å². The Morgan fingerprint density at radius 1 is 1.40 bits per heavy atom. The fourth-order valence-electron chi connectivity index (χ4n) is 1.80. The molecule has 0 aliphatic heterocycles. The van der Waals surface area contributed by atoms with Crippen molar-refractivity contribution >= 4 is 15.9 Å². The first-order valence-corrected chi connectivity index (χ1v) is 7.60. The molecule has 0 saturated heterocycles. The summed E-state index contributed by atoms with van der Waals surface area (Å²) in [4.78, 5) is 0. The maximum atomic E-state index is 5.94. The monoisotopic (exact) mass is 337 g/mol. The fourth-order valence-corrected chi connectivity index (χ4v) is 2.21. The van der Waals surface area contributed by atoms with E-state index in [4.69, 9.17) is 4.74 Å². The molecule has 2 aromatic rings. The van der Waals surface area contributed by atoms with E-state index in [2.05, 4.69) is 46.3 Å². The van der Waals surface area contributed by atoms with Gasteiger partial charge in [-0.3, -0.25) is 4.68 Å². The summed E-state index contributed by atoms with van der Waals surface area (Å²) >= 11 is 3.50. The second-order valence-electron chi connectivity index (χ2n) is 4.92. The molecule has 0 aliphatic rings. The predicted molar refractivity (Wildman–Crippen MR) is 84.1 cm³/mol. The van der Waals surface area contributed by atoms with Crippen LogP contribution in [0, 0.1) is 0 Å². The highest BCUT2D eigenvalue weighted by molar-refractivity contribution is 9.10. The quantitative estimate of drug-likeness (QED) is 0.867. The van der Waals surface area contributed by atoms with E-state index in [1.165, 1.54) is 0 Å². The maximum Gasteiger partial charge on any atom is 0.165 e. The molecule has 4 nitrogen and oxygen atoms in total. The third kappa shape index (κ3) is 4.08. The molecular formula is C15H20BrN3O. The zero-order valence-corrected chi connectivity index (χ0v) is 13.6. The summed E-state index contributed by atoms with van der Waals surface area (Å²) in [7, 11) is 0. The first-order chi connectivity index (χ1) is 9.58. The highest BCUT2D eigenvalue weighted by Crippen LogP contribution is 2.28. The Balaban J connectivity index is 2.17. The number of nitrogens with one attached hydrogen (secondary N) is 1. The Morgan fingerprint density at radius 3 is 2.85 bits per heavy atom. The molecule has 108 valence electrons. The Morgan fingerprint density at radius 2 is 2.20 bits per heavy atom. The predicted octanol–water partition coefficient (Wildman–Crippen LogP) is 3.96. The van der Waals surface area contributed by atoms with Crippen LogP contribution in [0.5, 0.6) is 11.5 Å². The second kappa shape index (κ2) is 6.90. The van der Waals surface area contributed by atoms with Gasteiger partial charge >= 0.3 is 0 Å². The number of hydrogen-bond acceptors (Lipinski definition) is 3. The van der Waals surface area contributed by atoms with Crippen LogP contribution in [0.1, 0.15) is 26.3 Å². The zero-order valence-electron chi connectivity index (χ0n) is 12.1. The second-order valence-corrected chi connectivity index (χ2v) is 5.84. The van der Waals surface area contributed by atoms with Gasteiger partial charge in [-0.1, -0.05) is 29.8 Å². The maximum absolute atomic E-state index is 5.94. The molecule has 0 spiro atoms. The number of rotatable bonds is 6. The first-order valence-electron chi connectivity index (χ1n) is 6.80. The molecule has 0 radical (unpaired) electrons. The molecule has 1 N–H and O–H groups in total. The molecule has 20 heavy (non-hydrogen) atoms. The van der Waals surface area contributed by atoms with E-state index in [0.717, 1.165) is 34.6 Å². The van der Waals surface area contributed by atoms with Crippen molar-refractivity contribution in [3.8, 4) is 11.5 Å². The minimum absolute atomic E-state index is 0.435. The number of aryl methyl sites for hydroxylation is 1. The molecule has 0 fully saturated rings. The molecule has 0 amide bonds. The molecule has 1 heterocycles. The molecule has 2 rings (SSSR count). The van der Waals surface area contributed by atoms with Crippen molar-refractivity contribution < 1.29 is 4.74 Å². The van der Waals surface area contributed by atoms with Gasteiger partial charge in [-0.05, 0) is 25.1 Å². The zero-order chi connectivity index (χ0) is 14.5. The first kappa shape index (κ1) is 15.1. The number of halogens is 1. The third-order valence-electron chi connectivity index (χ3n) is 2.88. The van der Waals surface area contributed by atoms with Crippen molar-refractivity contribution in [1.29, 1.82) is 0 Å². The molecule has 0 unspecified atom stereocenters. The lowest BCUT2D eigenvalue weighted by Crippen LogP contribution is -2.22. The lowest BCUT2D eigenvalue weighted by Gasteiger charge is -2.13. The van der Waals surface area contributed by atoms with Gasteiger partial charge in [0.1, 0.15) is 5.75 Å². The van der Waals surface area contributed by atoms with Crippen LogP contribution in [0.25, 0.3) is 0 Å². The van der Waals surface area contributed by atoms with Crippen LogP contribution in [0.15, 0.2) is 35.1 Å². The van der Waals surface area contributed by atoms with Crippen LogP contribution in [0.2, 0.25) is 0 Å². The summed E-state index contributed by atoms with van der Waals surface area (Å²) in [6.07, 6.45) is 3.65. The molecule has 0 bridgehead atoms. The normalized spacial score (nSPS) is 11.1. The Bertz CT molecular complexity index is 566. The summed E-state index contributed by atoms with van der Waals surface area (Å²) in [5.41, 5.74) is 1.12. The lowest BCUT2D eigenvalue weighted by atomic mass is 10.2. The van der Waals surface area contributed by atoms with E-state index in [-0.39, 0.29) is 0 Å². The van der Waals surface area contributed by atoms with Crippen molar-refractivity contribution in [1.82, 2.24) is 15.1 Å². The summed E-state index contributed by atoms with van der Waals surface area (Å²) in [6.45, 7) is 7.92. The minimum atomic E-state index is 0.435. The van der Waals surface area contributed by atoms with Crippen LogP contribution in [-0.2, 0) is 13.1 Å². The van der Waals surface area contributed by atoms with E-state index in [1.807, 2.05) is 29.9 Å². The molecule has 5 heteroatoms. The molecule has 0 atom stereocenters. The number of benzene rings is 1. The lowest BCUT2D eigenvalue weighted by molar-refractivity contribution is 0.468. The van der Waals surface area contributed by atoms with Crippen LogP contribution < -0.4 is 10.1 Å². The highest BCUT2D eigenvalue weighted by atomic mass is 79.9. The van der Waals surface area contributed by atoms with Gasteiger partial charge in [-0.25, -0.2) is 0 Å². The summed E-state index contributed by atoms with van der Waals surface area (Å²) in [5, 5.41) is 7.63. The van der Waals surface area contributed by atoms with Gasteiger partial charge in [0, 0.05) is 29.2 Å². The number of aromatic nitrogens is 2. The molecule has 1 aromatic carbocycles. The van der Waals surface area contributed by atoms with Crippen molar-refractivity contribution in [2.24, 2.45) is 0 Å². The largest absolute Gasteiger partial charge is 0.454 e. The molecular weight excluding hydrogens is 318 g/mol. The number of ether oxygens (including phenoxy) is 1. The van der Waals surface area contributed by atoms with Crippen LogP contribution in [-0.4, -0.2) is 15.8 Å². The van der Waals surface area contributed by atoms with Gasteiger partial charge in [0.15, 0.2) is 5.75 Å². The SMILES string of the molecule is CCn1cc(Oc2ccc(Br)cc2CNC(C)C)cn1. The standard InChI is InChI=1S/C15H20BrN3O/c1-4-19-10-14(9-18-19)20-15-6-5-13(16)7-12(15)8-17-11(2)3/h5-7,9-11,17H,4,8H2,1-3H3. The summed E-state index contributed by atoms with van der Waals surface area (Å²) in [6, 6.07) is 6.47. The van der Waals surface area contributed by atoms with Gasteiger partial charge in [-0.15, -0.1) is 0 Å². The summed E-state index contributed by atoms with van der Waals surface area (Å²) in [5.74, 6) is 1.62. The van der Waals surface area contributed by atoms with Crippen molar-refractivity contribution in [3.63, 3.8) is 0 Å². The minimum Gasteiger partial charge on any atom is -0.454 e. The van der Waals surface area contributed by atoms with E-state index in [0.29, 0.717) is 6.04 Å². The van der Waals surface area contributed by atoms with Crippen molar-refractivity contribution in [3.05, 3.63) is 40.6 Å². The van der Waals surface area contributed by atoms with E-state index < -0.39 is 0 Å². The van der Waals surface area contributed by atoms with Crippen molar-refractivity contribution in [2.75, 3.05) is 0 Å². The van der Waals surface area contributed by atoms with Gasteiger partial charge in [0.05, 0.1) is 12.4 Å². The number of nitrogens with zero attached hydrogens (tertiary/aromatic N) is 2. The average Bonchev–Trinajstić information content (AvgIpc) is 2.86. The Kier molecular flexibility index (Phi) is 5.20. The fraction of sp³-hybridized carbons (Fsp3) is 0.400. The summed E-state index contributed by atoms with van der Waals surface area (Å²) < 4.78 is 8.83. The van der Waals surface area contributed by atoms with Crippen LogP contribution in [0.3, 0.4) is 0 Å². The van der Waals surface area contributed by atoms with Crippen molar-refractivity contribution in [2.45, 2.75) is 39.9 Å². The van der Waals surface area contributed by atoms with Gasteiger partial charge in [0.25, 0.3) is 0 Å². The molecule has 1 aromatic heterocycles. The Hall–Kier alpha value is -1.33. The Labute approximate surface area is 128 Å². The van der Waals surface area contributed by atoms with Gasteiger partial charge < -0.3 is 10.1 Å². The van der Waals surface area contributed by atoms with E-state index >= 15 is 0 Å². The van der Waals surface area contributed by atoms with E-state index in [1.54, 1.807) is 6.20 Å². The number of hydrogen-bond donors (Lipinski definition) is 1. The van der Waals surface area contributed by atoms with Gasteiger partial charge in [-0.2, -0.15) is 5.10 Å². The smallest absolute Gasteiger partial charge is 0.165 e. The van der Waals surface area contributed by atoms with E-state index in [9.17, 15) is 0 Å². The van der Waals surface area contributed by atoms with Crippen LogP contribution in [0.4, 0.5) is 0 Å². The third-order valence-corrected chi connectivity index (χ3v) is 3.38. The highest BCUT2D eigenvalue weighted by Gasteiger charge is 2.08. The molecule has 0 aliphatic carbocycles. The molecule has 0 saturated carbocycles. The average molecular weight is 338 g/mol.